The first-order valence-electron chi connectivity index (χ1n) is 22.8. The maximum Gasteiger partial charge on any atom is 0.514 e. The number of amides is 3. The number of β-lactam (4-membered cyclic amide) rings is 2. The van der Waals surface area contributed by atoms with Crippen LogP contribution in [0.4, 0.5) is 16.2 Å². The maximum atomic E-state index is 13.8. The Labute approximate surface area is 451 Å². The first kappa shape index (κ1) is 50.5. The van der Waals surface area contributed by atoms with E-state index < -0.39 is 78.8 Å². The molecule has 1 spiro atoms. The number of anilines is 2. The quantitative estimate of drug-likeness (QED) is 0.0415. The SMILES string of the molecule is CN(c1ccccc1)c1ccc2c(c1)Oc1cc(OC(=O)OCc3ccc(OCC4=C(C(=O)O)N5C(=O)[C@@H](NC(=O)[C@@H]6N7C(=O)C[C@H]7S(=O)(=O)C6(C)C)[C@H]5SC4)cc3)ccc1C21OC(=O)c2c(Cl)c(Cl)c(Cl)c(Cl)c21. The summed E-state index contributed by atoms with van der Waals surface area (Å²) in [6.45, 7) is 2.29. The number of carbonyl (C=O) groups is 6. The number of carbonyl (C=O) groups excluding carboxylic acids is 5. The molecule has 24 heteroatoms. The number of fused-ring (bicyclic) bond motifs is 8. The predicted octanol–water partition coefficient (Wildman–Crippen LogP) is 8.60. The molecular weight excluding hydrogens is 1100 g/mol. The second-order valence-electron chi connectivity index (χ2n) is 18.6. The number of hydrogen-bond donors (Lipinski definition) is 2. The van der Waals surface area contributed by atoms with Crippen molar-refractivity contribution >= 4 is 115 Å². The van der Waals surface area contributed by atoms with E-state index in [0.717, 1.165) is 15.5 Å². The number of esters is 1. The largest absolute Gasteiger partial charge is 0.514 e. The molecule has 0 aromatic heterocycles. The van der Waals surface area contributed by atoms with Gasteiger partial charge in [0.15, 0.2) is 15.4 Å². The second kappa shape index (κ2) is 18.3. The molecule has 3 amide bonds. The van der Waals surface area contributed by atoms with Crippen LogP contribution >= 0.6 is 58.2 Å². The first-order chi connectivity index (χ1) is 35.6. The van der Waals surface area contributed by atoms with Crippen molar-refractivity contribution in [1.82, 2.24) is 15.1 Å². The molecule has 5 atom stereocenters. The van der Waals surface area contributed by atoms with Gasteiger partial charge in [-0.25, -0.2) is 22.8 Å². The second-order valence-corrected chi connectivity index (χ2v) is 24.0. The molecule has 0 saturated carbocycles. The van der Waals surface area contributed by atoms with Crippen LogP contribution in [0.2, 0.25) is 20.1 Å². The molecule has 5 aromatic carbocycles. The van der Waals surface area contributed by atoms with E-state index >= 15 is 0 Å². The highest BCUT2D eigenvalue weighted by Gasteiger charge is 2.68. The summed E-state index contributed by atoms with van der Waals surface area (Å²) in [6.07, 6.45) is -1.29. The minimum absolute atomic E-state index is 0.0113. The zero-order chi connectivity index (χ0) is 53.2. The lowest BCUT2D eigenvalue weighted by Gasteiger charge is -2.50. The van der Waals surface area contributed by atoms with Crippen LogP contribution in [0.25, 0.3) is 0 Å². The summed E-state index contributed by atoms with van der Waals surface area (Å²) < 4.78 is 54.2. The lowest BCUT2D eigenvalue weighted by Crippen LogP contribution is -2.72. The Morgan fingerprint density at radius 1 is 0.853 bits per heavy atom. The lowest BCUT2D eigenvalue weighted by molar-refractivity contribution is -0.154. The predicted molar refractivity (Wildman–Crippen MR) is 274 cm³/mol. The van der Waals surface area contributed by atoms with Gasteiger partial charge < -0.3 is 43.9 Å². The molecule has 6 heterocycles. The van der Waals surface area contributed by atoms with Crippen molar-refractivity contribution < 1.29 is 66.0 Å². The van der Waals surface area contributed by atoms with Crippen molar-refractivity contribution in [2.75, 3.05) is 24.3 Å². The van der Waals surface area contributed by atoms with Crippen molar-refractivity contribution in [1.29, 1.82) is 0 Å². The van der Waals surface area contributed by atoms with Crippen LogP contribution in [0.5, 0.6) is 23.0 Å². The van der Waals surface area contributed by atoms with Gasteiger partial charge in [-0.1, -0.05) is 76.7 Å². The number of para-hydroxylation sites is 1. The van der Waals surface area contributed by atoms with Crippen LogP contribution < -0.4 is 24.4 Å². The average molecular weight is 1140 g/mol. The summed E-state index contributed by atoms with van der Waals surface area (Å²) >= 11 is 27.8. The van der Waals surface area contributed by atoms with Gasteiger partial charge in [0.05, 0.1) is 36.8 Å². The van der Waals surface area contributed by atoms with Crippen molar-refractivity contribution in [2.24, 2.45) is 0 Å². The molecule has 2 N–H and O–H groups in total. The molecule has 0 radical (unpaired) electrons. The van der Waals surface area contributed by atoms with Gasteiger partial charge >= 0.3 is 18.1 Å². The number of sulfone groups is 1. The Morgan fingerprint density at radius 3 is 2.21 bits per heavy atom. The van der Waals surface area contributed by atoms with Crippen LogP contribution in [-0.2, 0) is 50.7 Å². The fraction of sp³-hybridized carbons (Fsp3) is 0.255. The van der Waals surface area contributed by atoms with Crippen LogP contribution in [0, 0.1) is 0 Å². The summed E-state index contributed by atoms with van der Waals surface area (Å²) in [5.74, 6) is -3.32. The van der Waals surface area contributed by atoms with Gasteiger partial charge in [-0.3, -0.25) is 19.3 Å². The summed E-state index contributed by atoms with van der Waals surface area (Å²) in [4.78, 5) is 82.8. The van der Waals surface area contributed by atoms with E-state index in [-0.39, 0.29) is 85.1 Å². The van der Waals surface area contributed by atoms with E-state index in [9.17, 15) is 42.3 Å². The zero-order valence-corrected chi connectivity index (χ0v) is 43.9. The standard InChI is InChI=1S/C51H38Cl4N4O14S2/c1-50(2)43(58-33(60)19-34(58)75(50,67)68)44(61)56-41-45(62)59-42(47(63)64)24(22-74-46(41)59)21-69-27-12-9-23(10-13-27)20-70-49(66)71-28-14-16-30-32(18-28)72-31-17-26(57(3)25-7-5-4-6-8-25)11-15-29(31)51(30)36-35(48(65)73-51)37(52)39(54)40(55)38(36)53/h4-18,34,41,43,46H,19-22H2,1-3H3,(H,56,61)(H,63,64)/t34-,41-,43+,46-,51?/m1/s1. The third-order valence-corrected chi connectivity index (χ3v) is 20.1. The molecule has 6 aliphatic rings. The summed E-state index contributed by atoms with van der Waals surface area (Å²) in [5, 5.41) is 10.5. The van der Waals surface area contributed by atoms with Gasteiger partial charge in [0.1, 0.15) is 64.7 Å². The number of carboxylic acid groups (broad SMARTS) is 1. The van der Waals surface area contributed by atoms with E-state index in [1.165, 1.54) is 37.7 Å². The van der Waals surface area contributed by atoms with Crippen molar-refractivity contribution in [3.05, 3.63) is 150 Å². The maximum absolute atomic E-state index is 13.8. The molecule has 0 aliphatic carbocycles. The summed E-state index contributed by atoms with van der Waals surface area (Å²) in [7, 11) is -1.99. The molecule has 0 bridgehead atoms. The Hall–Kier alpha value is -6.68. The van der Waals surface area contributed by atoms with E-state index in [2.05, 4.69) is 5.32 Å². The van der Waals surface area contributed by atoms with Gasteiger partial charge in [0.2, 0.25) is 11.8 Å². The molecule has 6 aliphatic heterocycles. The van der Waals surface area contributed by atoms with Gasteiger partial charge in [-0.2, -0.15) is 0 Å². The fourth-order valence-electron chi connectivity index (χ4n) is 10.3. The number of nitrogens with one attached hydrogen (secondary N) is 1. The monoisotopic (exact) mass is 1130 g/mol. The molecule has 5 aromatic rings. The van der Waals surface area contributed by atoms with Crippen LogP contribution in [0.3, 0.4) is 0 Å². The third kappa shape index (κ3) is 7.77. The Bertz CT molecular complexity index is 3530. The van der Waals surface area contributed by atoms with Crippen LogP contribution in [0.1, 0.15) is 52.9 Å². The zero-order valence-electron chi connectivity index (χ0n) is 39.2. The van der Waals surface area contributed by atoms with Crippen molar-refractivity contribution in [3.8, 4) is 23.0 Å². The van der Waals surface area contributed by atoms with Gasteiger partial charge in [-0.15, -0.1) is 11.8 Å². The highest BCUT2D eigenvalue weighted by Crippen LogP contribution is 2.61. The number of hydrogen-bond acceptors (Lipinski definition) is 15. The summed E-state index contributed by atoms with van der Waals surface area (Å²) in [5.41, 5.74) is 1.19. The Kier molecular flexibility index (Phi) is 12.3. The highest BCUT2D eigenvalue weighted by molar-refractivity contribution is 8.00. The molecule has 1 unspecified atom stereocenters. The number of benzene rings is 5. The van der Waals surface area contributed by atoms with E-state index in [1.54, 1.807) is 42.5 Å². The van der Waals surface area contributed by atoms with Gasteiger partial charge in [-0.05, 0) is 67.9 Å². The van der Waals surface area contributed by atoms with E-state index in [1.807, 2.05) is 48.3 Å². The van der Waals surface area contributed by atoms with Crippen molar-refractivity contribution in [3.63, 3.8) is 0 Å². The molecule has 386 valence electrons. The van der Waals surface area contributed by atoms with Crippen molar-refractivity contribution in [2.45, 2.75) is 60.1 Å². The minimum atomic E-state index is -3.87. The molecule has 75 heavy (non-hydrogen) atoms. The minimum Gasteiger partial charge on any atom is -0.489 e. The normalized spacial score (nSPS) is 23.1. The number of ether oxygens (including phenoxy) is 5. The van der Waals surface area contributed by atoms with Crippen LogP contribution in [0.15, 0.2) is 102 Å². The number of nitrogens with zero attached hydrogens (tertiary/aromatic N) is 3. The number of thioether (sulfide) groups is 1. The molecule has 3 fully saturated rings. The van der Waals surface area contributed by atoms with Crippen LogP contribution in [-0.4, -0.2) is 106 Å². The number of halogens is 4. The van der Waals surface area contributed by atoms with E-state index in [4.69, 9.17) is 70.1 Å². The summed E-state index contributed by atoms with van der Waals surface area (Å²) in [6, 6.07) is 23.3. The first-order valence-corrected chi connectivity index (χ1v) is 26.9. The van der Waals surface area contributed by atoms with Gasteiger partial charge in [0, 0.05) is 58.6 Å². The third-order valence-electron chi connectivity index (χ3n) is 14.2. The molecule has 3 saturated heterocycles. The molecule has 18 nitrogen and oxygen atoms in total. The highest BCUT2D eigenvalue weighted by atomic mass is 35.5. The number of aliphatic carboxylic acids is 1. The van der Waals surface area contributed by atoms with E-state index in [0.29, 0.717) is 28.1 Å². The average Bonchev–Trinajstić information content (AvgIpc) is 3.84. The number of carboxylic acids is 1. The number of rotatable bonds is 11. The lowest BCUT2D eigenvalue weighted by atomic mass is 9.77. The fourth-order valence-corrected chi connectivity index (χ4v) is 14.8. The topological polar surface area (TPSA) is 225 Å². The van der Waals surface area contributed by atoms with Gasteiger partial charge in [0.25, 0.3) is 5.91 Å². The molecule has 11 rings (SSSR count). The Morgan fingerprint density at radius 2 is 1.52 bits per heavy atom. The molecular formula is C51H38Cl4N4O14S2. The Balaban J connectivity index is 0.754. The smallest absolute Gasteiger partial charge is 0.489 e.